The zero-order chi connectivity index (χ0) is 19.7. The fourth-order valence-corrected chi connectivity index (χ4v) is 5.22. The summed E-state index contributed by atoms with van der Waals surface area (Å²) in [5.41, 5.74) is 1.89. The second-order valence-electron chi connectivity index (χ2n) is 8.18. The Labute approximate surface area is 162 Å². The zero-order valence-electron chi connectivity index (χ0n) is 16.2. The van der Waals surface area contributed by atoms with E-state index in [1.807, 2.05) is 30.3 Å². The van der Waals surface area contributed by atoms with Crippen LogP contribution in [-0.2, 0) is 15.3 Å². The van der Waals surface area contributed by atoms with Crippen molar-refractivity contribution in [3.8, 4) is 0 Å². The van der Waals surface area contributed by atoms with E-state index in [1.54, 1.807) is 29.2 Å². The van der Waals surface area contributed by atoms with Crippen molar-refractivity contribution in [2.24, 2.45) is 0 Å². The van der Waals surface area contributed by atoms with Gasteiger partial charge < -0.3 is 4.90 Å². The van der Waals surface area contributed by atoms with Gasteiger partial charge in [0.05, 0.1) is 10.1 Å². The predicted molar refractivity (Wildman–Crippen MR) is 108 cm³/mol. The van der Waals surface area contributed by atoms with Crippen LogP contribution in [0.15, 0.2) is 59.5 Å². The molecular weight excluding hydrogens is 358 g/mol. The van der Waals surface area contributed by atoms with Gasteiger partial charge in [0.1, 0.15) is 0 Å². The molecule has 5 heteroatoms. The van der Waals surface area contributed by atoms with Crippen molar-refractivity contribution < 1.29 is 13.2 Å². The summed E-state index contributed by atoms with van der Waals surface area (Å²) >= 11 is 0. The van der Waals surface area contributed by atoms with E-state index in [9.17, 15) is 13.2 Å². The minimum Gasteiger partial charge on any atom is -0.339 e. The largest absolute Gasteiger partial charge is 0.339 e. The number of rotatable bonds is 3. The summed E-state index contributed by atoms with van der Waals surface area (Å²) in [6.07, 6.45) is 0.950. The smallest absolute Gasteiger partial charge is 0.253 e. The number of piperidine rings is 1. The first-order valence-corrected chi connectivity index (χ1v) is 10.9. The highest BCUT2D eigenvalue weighted by molar-refractivity contribution is 7.92. The van der Waals surface area contributed by atoms with Crippen molar-refractivity contribution in [1.29, 1.82) is 0 Å². The number of hydrogen-bond acceptors (Lipinski definition) is 3. The van der Waals surface area contributed by atoms with Crippen LogP contribution in [0.1, 0.15) is 49.5 Å². The molecule has 144 valence electrons. The predicted octanol–water partition coefficient (Wildman–Crippen LogP) is 4.06. The standard InChI is InChI=1S/C22H27NO3S/c1-22(2,3)18-11-9-17(10-12-18)21(24)23-15-13-20(14-16-23)27(25,26)19-7-5-4-6-8-19/h4-12,20H,13-16H2,1-3H3. The van der Waals surface area contributed by atoms with E-state index in [-0.39, 0.29) is 11.3 Å². The molecule has 2 aromatic rings. The number of carbonyl (C=O) groups excluding carboxylic acids is 1. The molecule has 0 radical (unpaired) electrons. The maximum atomic E-state index is 12.8. The highest BCUT2D eigenvalue weighted by Crippen LogP contribution is 2.26. The summed E-state index contributed by atoms with van der Waals surface area (Å²) < 4.78 is 25.5. The quantitative estimate of drug-likeness (QED) is 0.800. The molecule has 4 nitrogen and oxygen atoms in total. The molecule has 1 aliphatic heterocycles. The Morgan fingerprint density at radius 2 is 1.48 bits per heavy atom. The Kier molecular flexibility index (Phi) is 5.43. The van der Waals surface area contributed by atoms with Crippen LogP contribution in [0.25, 0.3) is 0 Å². The van der Waals surface area contributed by atoms with E-state index in [4.69, 9.17) is 0 Å². The van der Waals surface area contributed by atoms with Gasteiger partial charge in [-0.05, 0) is 48.1 Å². The molecule has 0 atom stereocenters. The van der Waals surface area contributed by atoms with Gasteiger partial charge in [0.25, 0.3) is 5.91 Å². The molecule has 3 rings (SSSR count). The minimum absolute atomic E-state index is 0.0222. The highest BCUT2D eigenvalue weighted by atomic mass is 32.2. The van der Waals surface area contributed by atoms with E-state index in [2.05, 4.69) is 20.8 Å². The monoisotopic (exact) mass is 385 g/mol. The van der Waals surface area contributed by atoms with E-state index in [0.29, 0.717) is 36.4 Å². The van der Waals surface area contributed by atoms with Crippen molar-refractivity contribution in [2.45, 2.75) is 49.2 Å². The summed E-state index contributed by atoms with van der Waals surface area (Å²) in [6, 6.07) is 16.3. The number of nitrogens with zero attached hydrogens (tertiary/aromatic N) is 1. The molecule has 1 saturated heterocycles. The van der Waals surface area contributed by atoms with Gasteiger partial charge in [-0.3, -0.25) is 4.79 Å². The van der Waals surface area contributed by atoms with Crippen LogP contribution in [0.5, 0.6) is 0 Å². The molecule has 0 N–H and O–H groups in total. The van der Waals surface area contributed by atoms with Gasteiger partial charge in [-0.15, -0.1) is 0 Å². The maximum Gasteiger partial charge on any atom is 0.253 e. The van der Waals surface area contributed by atoms with Crippen LogP contribution in [0, 0.1) is 0 Å². The Hall–Kier alpha value is -2.14. The molecule has 1 fully saturated rings. The minimum atomic E-state index is -3.34. The lowest BCUT2D eigenvalue weighted by Gasteiger charge is -2.32. The molecule has 0 saturated carbocycles. The van der Waals surface area contributed by atoms with Gasteiger partial charge in [0.15, 0.2) is 9.84 Å². The summed E-state index contributed by atoms with van der Waals surface area (Å²) in [4.78, 5) is 14.9. The molecule has 0 spiro atoms. The van der Waals surface area contributed by atoms with Crippen molar-refractivity contribution in [1.82, 2.24) is 4.90 Å². The number of hydrogen-bond donors (Lipinski definition) is 0. The van der Waals surface area contributed by atoms with Crippen LogP contribution in [0.3, 0.4) is 0 Å². The maximum absolute atomic E-state index is 12.8. The van der Waals surface area contributed by atoms with E-state index < -0.39 is 15.1 Å². The highest BCUT2D eigenvalue weighted by Gasteiger charge is 2.32. The lowest BCUT2D eigenvalue weighted by atomic mass is 9.86. The molecule has 27 heavy (non-hydrogen) atoms. The second kappa shape index (κ2) is 7.47. The Morgan fingerprint density at radius 1 is 0.926 bits per heavy atom. The topological polar surface area (TPSA) is 54.5 Å². The number of likely N-dealkylation sites (tertiary alicyclic amines) is 1. The number of carbonyl (C=O) groups is 1. The van der Waals surface area contributed by atoms with Gasteiger partial charge in [0.2, 0.25) is 0 Å². The first-order valence-electron chi connectivity index (χ1n) is 9.38. The summed E-state index contributed by atoms with van der Waals surface area (Å²) in [7, 11) is -3.34. The third-order valence-electron chi connectivity index (χ3n) is 5.24. The first kappa shape index (κ1) is 19.6. The van der Waals surface area contributed by atoms with Crippen LogP contribution < -0.4 is 0 Å². The summed E-state index contributed by atoms with van der Waals surface area (Å²) in [5.74, 6) is -0.0222. The Bertz CT molecular complexity index is 889. The van der Waals surface area contributed by atoms with Crippen molar-refractivity contribution in [3.05, 3.63) is 65.7 Å². The van der Waals surface area contributed by atoms with Crippen LogP contribution in [-0.4, -0.2) is 37.6 Å². The van der Waals surface area contributed by atoms with Gasteiger partial charge in [0, 0.05) is 18.7 Å². The molecule has 1 heterocycles. The van der Waals surface area contributed by atoms with Crippen LogP contribution in [0.2, 0.25) is 0 Å². The molecule has 0 bridgehead atoms. The molecular formula is C22H27NO3S. The van der Waals surface area contributed by atoms with Crippen LogP contribution >= 0.6 is 0 Å². The lowest BCUT2D eigenvalue weighted by Crippen LogP contribution is -2.42. The van der Waals surface area contributed by atoms with Gasteiger partial charge in [-0.1, -0.05) is 51.1 Å². The average Bonchev–Trinajstić information content (AvgIpc) is 2.67. The second-order valence-corrected chi connectivity index (χ2v) is 10.4. The Balaban J connectivity index is 1.66. The molecule has 1 aliphatic rings. The molecule has 0 aliphatic carbocycles. The van der Waals surface area contributed by atoms with E-state index in [1.165, 1.54) is 5.56 Å². The van der Waals surface area contributed by atoms with Crippen molar-refractivity contribution in [3.63, 3.8) is 0 Å². The molecule has 2 aromatic carbocycles. The van der Waals surface area contributed by atoms with Gasteiger partial charge in [-0.2, -0.15) is 0 Å². The average molecular weight is 386 g/mol. The third kappa shape index (κ3) is 4.24. The van der Waals surface area contributed by atoms with E-state index >= 15 is 0 Å². The van der Waals surface area contributed by atoms with Crippen LogP contribution in [0.4, 0.5) is 0 Å². The fourth-order valence-electron chi connectivity index (χ4n) is 3.47. The molecule has 1 amide bonds. The van der Waals surface area contributed by atoms with Gasteiger partial charge in [-0.25, -0.2) is 8.42 Å². The lowest BCUT2D eigenvalue weighted by molar-refractivity contribution is 0.0725. The van der Waals surface area contributed by atoms with Crippen molar-refractivity contribution in [2.75, 3.05) is 13.1 Å². The van der Waals surface area contributed by atoms with E-state index in [0.717, 1.165) is 0 Å². The summed E-state index contributed by atoms with van der Waals surface area (Å²) in [5, 5.41) is -0.424. The molecule has 0 unspecified atom stereocenters. The number of amides is 1. The fraction of sp³-hybridized carbons (Fsp3) is 0.409. The number of sulfone groups is 1. The third-order valence-corrected chi connectivity index (χ3v) is 7.52. The first-order chi connectivity index (χ1) is 12.7. The zero-order valence-corrected chi connectivity index (χ0v) is 17.0. The normalized spacial score (nSPS) is 16.3. The van der Waals surface area contributed by atoms with Gasteiger partial charge >= 0.3 is 0 Å². The molecule has 0 aromatic heterocycles. The van der Waals surface area contributed by atoms with Crippen molar-refractivity contribution >= 4 is 15.7 Å². The Morgan fingerprint density at radius 3 is 2.00 bits per heavy atom. The SMILES string of the molecule is CC(C)(C)c1ccc(C(=O)N2CCC(S(=O)(=O)c3ccccc3)CC2)cc1. The summed E-state index contributed by atoms with van der Waals surface area (Å²) in [6.45, 7) is 7.36. The number of benzene rings is 2.